The molecule has 1 aromatic rings. The molecule has 2 fully saturated rings. The van der Waals surface area contributed by atoms with Gasteiger partial charge in [0.2, 0.25) is 10.0 Å². The zero-order valence-electron chi connectivity index (χ0n) is 14.9. The molecule has 1 amide bonds. The molecule has 0 spiro atoms. The molecule has 0 unspecified atom stereocenters. The Morgan fingerprint density at radius 2 is 2.16 bits per heavy atom. The van der Waals surface area contributed by atoms with E-state index in [1.165, 1.54) is 0 Å². The van der Waals surface area contributed by atoms with Gasteiger partial charge in [-0.25, -0.2) is 8.42 Å². The van der Waals surface area contributed by atoms with Gasteiger partial charge in [-0.3, -0.25) is 4.79 Å². The van der Waals surface area contributed by atoms with Crippen LogP contribution in [0.4, 0.5) is 0 Å². The van der Waals surface area contributed by atoms with Gasteiger partial charge in [0, 0.05) is 30.6 Å². The van der Waals surface area contributed by atoms with Gasteiger partial charge in [-0.1, -0.05) is 18.5 Å². The number of rotatable bonds is 7. The van der Waals surface area contributed by atoms with Crippen molar-refractivity contribution in [3.63, 3.8) is 0 Å². The lowest BCUT2D eigenvalue weighted by atomic mass is 10.0. The fourth-order valence-corrected chi connectivity index (χ4v) is 5.26. The summed E-state index contributed by atoms with van der Waals surface area (Å²) in [6, 6.07) is 1.57. The van der Waals surface area contributed by atoms with Gasteiger partial charge >= 0.3 is 0 Å². The lowest BCUT2D eigenvalue weighted by Crippen LogP contribution is -2.51. The monoisotopic (exact) mass is 369 g/mol. The van der Waals surface area contributed by atoms with Gasteiger partial charge in [-0.15, -0.1) is 0 Å². The Morgan fingerprint density at radius 3 is 2.80 bits per heavy atom. The molecule has 7 nitrogen and oxygen atoms in total. The molecule has 1 aliphatic heterocycles. The van der Waals surface area contributed by atoms with E-state index >= 15 is 0 Å². The minimum atomic E-state index is -3.20. The van der Waals surface area contributed by atoms with Crippen molar-refractivity contribution in [2.24, 2.45) is 0 Å². The minimum absolute atomic E-state index is 0.0406. The second kappa shape index (κ2) is 7.45. The second-order valence-electron chi connectivity index (χ2n) is 7.21. The van der Waals surface area contributed by atoms with Crippen LogP contribution in [0.5, 0.6) is 0 Å². The maximum absolute atomic E-state index is 12.4. The Morgan fingerprint density at radius 1 is 1.40 bits per heavy atom. The van der Waals surface area contributed by atoms with Crippen LogP contribution < -0.4 is 5.32 Å². The summed E-state index contributed by atoms with van der Waals surface area (Å²) in [6.07, 6.45) is 4.97. The zero-order chi connectivity index (χ0) is 18.0. The summed E-state index contributed by atoms with van der Waals surface area (Å²) < 4.78 is 31.6. The van der Waals surface area contributed by atoms with Crippen molar-refractivity contribution in [2.45, 2.75) is 70.4 Å². The molecule has 1 N–H and O–H groups in total. The zero-order valence-corrected chi connectivity index (χ0v) is 15.7. The summed E-state index contributed by atoms with van der Waals surface area (Å²) in [4.78, 5) is 12.3. The molecule has 1 aromatic heterocycles. The molecule has 2 aliphatic rings. The highest BCUT2D eigenvalue weighted by atomic mass is 32.2. The van der Waals surface area contributed by atoms with E-state index in [-0.39, 0.29) is 23.7 Å². The van der Waals surface area contributed by atoms with Crippen LogP contribution in [-0.2, 0) is 10.0 Å². The Labute approximate surface area is 149 Å². The average Bonchev–Trinajstić information content (AvgIpc) is 3.29. The van der Waals surface area contributed by atoms with Crippen LogP contribution in [0.1, 0.15) is 74.5 Å². The van der Waals surface area contributed by atoms with Crippen molar-refractivity contribution in [1.82, 2.24) is 14.8 Å². The molecule has 8 heteroatoms. The number of carbonyl (C=O) groups is 1. The van der Waals surface area contributed by atoms with E-state index in [9.17, 15) is 13.2 Å². The Kier molecular flexibility index (Phi) is 5.48. The average molecular weight is 369 g/mol. The van der Waals surface area contributed by atoms with Crippen LogP contribution in [-0.4, -0.2) is 48.2 Å². The van der Waals surface area contributed by atoms with Gasteiger partial charge in [0.05, 0.1) is 5.75 Å². The molecule has 25 heavy (non-hydrogen) atoms. The lowest BCUT2D eigenvalue weighted by Gasteiger charge is -2.36. The van der Waals surface area contributed by atoms with Crippen molar-refractivity contribution in [3.05, 3.63) is 17.5 Å². The minimum Gasteiger partial charge on any atom is -0.360 e. The molecular formula is C17H27N3O4S. The maximum Gasteiger partial charge on any atom is 0.273 e. The van der Waals surface area contributed by atoms with Crippen LogP contribution in [0.15, 0.2) is 10.6 Å². The Balaban J connectivity index is 1.54. The quantitative estimate of drug-likeness (QED) is 0.796. The van der Waals surface area contributed by atoms with Crippen molar-refractivity contribution in [3.8, 4) is 0 Å². The van der Waals surface area contributed by atoms with E-state index in [0.717, 1.165) is 25.0 Å². The fourth-order valence-electron chi connectivity index (χ4n) is 3.35. The molecular weight excluding hydrogens is 342 g/mol. The third kappa shape index (κ3) is 4.41. The topological polar surface area (TPSA) is 92.5 Å². The largest absolute Gasteiger partial charge is 0.360 e. The van der Waals surface area contributed by atoms with Crippen molar-refractivity contribution < 1.29 is 17.7 Å². The molecule has 2 atom stereocenters. The highest BCUT2D eigenvalue weighted by Gasteiger charge is 2.34. The summed E-state index contributed by atoms with van der Waals surface area (Å²) in [5, 5.41) is 6.83. The molecule has 1 saturated heterocycles. The number of hydrogen-bond donors (Lipinski definition) is 1. The molecule has 3 rings (SSSR count). The molecule has 1 saturated carbocycles. The predicted octanol–water partition coefficient (Wildman–Crippen LogP) is 2.26. The van der Waals surface area contributed by atoms with Crippen LogP contribution in [0.3, 0.4) is 0 Å². The summed E-state index contributed by atoms with van der Waals surface area (Å²) >= 11 is 0. The standard InChI is InChI=1S/C17H27N3O4S/c1-3-4-9-25(22,23)20-8-7-14(10-12(20)2)18-17(21)15-11-16(24-19-15)13-5-6-13/h11-14H,3-10H2,1-2H3,(H,18,21)/t12-,14+/m0/s1. The first-order valence-electron chi connectivity index (χ1n) is 9.17. The molecule has 0 radical (unpaired) electrons. The maximum atomic E-state index is 12.4. The second-order valence-corrected chi connectivity index (χ2v) is 9.25. The number of aromatic nitrogens is 1. The first kappa shape index (κ1) is 18.4. The van der Waals surface area contributed by atoms with Gasteiger partial charge in [0.25, 0.3) is 5.91 Å². The van der Waals surface area contributed by atoms with Crippen LogP contribution in [0.25, 0.3) is 0 Å². The van der Waals surface area contributed by atoms with Crippen molar-refractivity contribution in [1.29, 1.82) is 0 Å². The highest BCUT2D eigenvalue weighted by molar-refractivity contribution is 7.89. The number of nitrogens with one attached hydrogen (secondary N) is 1. The summed E-state index contributed by atoms with van der Waals surface area (Å²) in [5.74, 6) is 1.17. The summed E-state index contributed by atoms with van der Waals surface area (Å²) in [5.41, 5.74) is 0.313. The Bertz CT molecular complexity index is 711. The van der Waals surface area contributed by atoms with Gasteiger partial charge in [-0.05, 0) is 39.0 Å². The number of hydrogen-bond acceptors (Lipinski definition) is 5. The van der Waals surface area contributed by atoms with E-state index in [1.54, 1.807) is 10.4 Å². The van der Waals surface area contributed by atoms with Crippen molar-refractivity contribution >= 4 is 15.9 Å². The normalized spacial score (nSPS) is 25.0. The first-order valence-corrected chi connectivity index (χ1v) is 10.8. The fraction of sp³-hybridized carbons (Fsp3) is 0.765. The van der Waals surface area contributed by atoms with E-state index in [4.69, 9.17) is 4.52 Å². The third-order valence-corrected chi connectivity index (χ3v) is 7.07. The predicted molar refractivity (Wildman–Crippen MR) is 93.8 cm³/mol. The number of unbranched alkanes of at least 4 members (excludes halogenated alkanes) is 1. The third-order valence-electron chi connectivity index (χ3n) is 5.00. The Hall–Kier alpha value is -1.41. The van der Waals surface area contributed by atoms with Gasteiger partial charge in [-0.2, -0.15) is 4.31 Å². The van der Waals surface area contributed by atoms with Crippen molar-refractivity contribution in [2.75, 3.05) is 12.3 Å². The number of carbonyl (C=O) groups excluding carboxylic acids is 1. The van der Waals surface area contributed by atoms with Gasteiger partial charge in [0.15, 0.2) is 5.69 Å². The van der Waals surface area contributed by atoms with Gasteiger partial charge in [0.1, 0.15) is 5.76 Å². The van der Waals surface area contributed by atoms with E-state index < -0.39 is 10.0 Å². The summed E-state index contributed by atoms with van der Waals surface area (Å²) in [6.45, 7) is 4.34. The first-order chi connectivity index (χ1) is 11.9. The smallest absolute Gasteiger partial charge is 0.273 e. The lowest BCUT2D eigenvalue weighted by molar-refractivity contribution is 0.0905. The molecule has 2 heterocycles. The van der Waals surface area contributed by atoms with Crippen LogP contribution >= 0.6 is 0 Å². The van der Waals surface area contributed by atoms with E-state index in [0.29, 0.717) is 37.4 Å². The number of nitrogens with zero attached hydrogens (tertiary/aromatic N) is 2. The van der Waals surface area contributed by atoms with Crippen LogP contribution in [0, 0.1) is 0 Å². The number of sulfonamides is 1. The summed E-state index contributed by atoms with van der Waals surface area (Å²) in [7, 11) is -3.20. The number of amides is 1. The molecule has 140 valence electrons. The van der Waals surface area contributed by atoms with E-state index in [1.807, 2.05) is 13.8 Å². The highest BCUT2D eigenvalue weighted by Crippen LogP contribution is 2.40. The van der Waals surface area contributed by atoms with Gasteiger partial charge < -0.3 is 9.84 Å². The molecule has 0 aromatic carbocycles. The molecule has 1 aliphatic carbocycles. The van der Waals surface area contributed by atoms with E-state index in [2.05, 4.69) is 10.5 Å². The SMILES string of the molecule is CCCCS(=O)(=O)N1CC[C@@H](NC(=O)c2cc(C3CC3)on2)C[C@@H]1C. The van der Waals surface area contributed by atoms with Crippen LogP contribution in [0.2, 0.25) is 0 Å². The number of piperidine rings is 1. The molecule has 0 bridgehead atoms.